The first kappa shape index (κ1) is 13.4. The Hall–Kier alpha value is -2.63. The molecule has 0 saturated heterocycles. The van der Waals surface area contributed by atoms with E-state index < -0.39 is 17.8 Å². The fraction of sp³-hybridized carbons (Fsp3) is 0.0833. The van der Waals surface area contributed by atoms with Crippen molar-refractivity contribution in [3.63, 3.8) is 0 Å². The van der Waals surface area contributed by atoms with E-state index in [1.165, 1.54) is 0 Å². The average molecular weight is 248 g/mol. The summed E-state index contributed by atoms with van der Waals surface area (Å²) in [6, 6.07) is 6.82. The number of carbonyl (C=O) groups is 3. The van der Waals surface area contributed by atoms with Gasteiger partial charge in [0.1, 0.15) is 0 Å². The van der Waals surface area contributed by atoms with E-state index in [9.17, 15) is 14.4 Å². The van der Waals surface area contributed by atoms with Gasteiger partial charge in [0.2, 0.25) is 0 Å². The third kappa shape index (κ3) is 4.48. The number of amides is 2. The maximum absolute atomic E-state index is 11.6. The largest absolute Gasteiger partial charge is 0.478 e. The molecule has 1 rings (SSSR count). The summed E-state index contributed by atoms with van der Waals surface area (Å²) in [6.07, 6.45) is 1.48. The van der Waals surface area contributed by atoms with Crippen LogP contribution in [0.5, 0.6) is 0 Å². The van der Waals surface area contributed by atoms with Crippen molar-refractivity contribution < 1.29 is 19.5 Å². The van der Waals surface area contributed by atoms with Crippen molar-refractivity contribution in [3.8, 4) is 0 Å². The van der Waals surface area contributed by atoms with Gasteiger partial charge in [-0.05, 0) is 19.1 Å². The number of hydrazine groups is 1. The average Bonchev–Trinajstić information content (AvgIpc) is 2.33. The first-order valence-corrected chi connectivity index (χ1v) is 5.07. The minimum absolute atomic E-state index is 0.400. The highest BCUT2D eigenvalue weighted by molar-refractivity contribution is 5.98. The maximum atomic E-state index is 11.6. The van der Waals surface area contributed by atoms with E-state index in [0.717, 1.165) is 11.6 Å². The molecular formula is C12H12N2O4. The molecule has 0 bridgehead atoms. The van der Waals surface area contributed by atoms with Gasteiger partial charge >= 0.3 is 5.97 Å². The van der Waals surface area contributed by atoms with Gasteiger partial charge in [-0.25, -0.2) is 4.79 Å². The van der Waals surface area contributed by atoms with Gasteiger partial charge in [0.25, 0.3) is 11.8 Å². The predicted molar refractivity (Wildman–Crippen MR) is 63.6 cm³/mol. The molecule has 2 amide bonds. The number of carboxylic acid groups (broad SMARTS) is 1. The van der Waals surface area contributed by atoms with Crippen molar-refractivity contribution in [2.45, 2.75) is 6.92 Å². The third-order valence-electron chi connectivity index (χ3n) is 1.96. The van der Waals surface area contributed by atoms with E-state index >= 15 is 0 Å². The SMILES string of the molecule is Cc1cccc(C(=O)NNC(=O)/C=C/C(=O)O)c1. The second kappa shape index (κ2) is 6.19. The molecule has 0 spiro atoms. The van der Waals surface area contributed by atoms with Gasteiger partial charge in [0, 0.05) is 17.7 Å². The first-order valence-electron chi connectivity index (χ1n) is 5.07. The molecule has 1 aromatic rings. The number of carboxylic acids is 1. The minimum Gasteiger partial charge on any atom is -0.478 e. The van der Waals surface area contributed by atoms with Gasteiger partial charge in [-0.2, -0.15) is 0 Å². The molecule has 0 fully saturated rings. The van der Waals surface area contributed by atoms with Crippen molar-refractivity contribution in [3.05, 3.63) is 47.5 Å². The Morgan fingerprint density at radius 3 is 2.50 bits per heavy atom. The summed E-state index contributed by atoms with van der Waals surface area (Å²) < 4.78 is 0. The Balaban J connectivity index is 2.52. The van der Waals surface area contributed by atoms with E-state index in [2.05, 4.69) is 10.9 Å². The molecule has 0 aliphatic carbocycles. The van der Waals surface area contributed by atoms with Gasteiger partial charge in [-0.15, -0.1) is 0 Å². The number of carbonyl (C=O) groups excluding carboxylic acids is 2. The molecule has 6 heteroatoms. The van der Waals surface area contributed by atoms with Gasteiger partial charge in [0.05, 0.1) is 0 Å². The molecule has 0 heterocycles. The lowest BCUT2D eigenvalue weighted by Gasteiger charge is -2.05. The number of hydrogen-bond acceptors (Lipinski definition) is 3. The summed E-state index contributed by atoms with van der Waals surface area (Å²) in [5.74, 6) is -2.44. The molecule has 1 aromatic carbocycles. The number of benzene rings is 1. The van der Waals surface area contributed by atoms with Gasteiger partial charge in [-0.3, -0.25) is 20.4 Å². The number of aliphatic carboxylic acids is 1. The van der Waals surface area contributed by atoms with E-state index in [0.29, 0.717) is 11.6 Å². The van der Waals surface area contributed by atoms with Crippen LogP contribution >= 0.6 is 0 Å². The number of rotatable bonds is 3. The highest BCUT2D eigenvalue weighted by Crippen LogP contribution is 2.02. The molecule has 0 aliphatic rings. The monoisotopic (exact) mass is 248 g/mol. The van der Waals surface area contributed by atoms with Crippen molar-refractivity contribution in [2.75, 3.05) is 0 Å². The second-order valence-electron chi connectivity index (χ2n) is 3.48. The molecule has 94 valence electrons. The van der Waals surface area contributed by atoms with E-state index in [4.69, 9.17) is 5.11 Å². The standard InChI is InChI=1S/C12H12N2O4/c1-8-3-2-4-9(7-8)12(18)14-13-10(15)5-6-11(16)17/h2-7H,1H3,(H,13,15)(H,14,18)(H,16,17)/b6-5+. The Kier molecular flexibility index (Phi) is 4.62. The number of hydrogen-bond donors (Lipinski definition) is 3. The van der Waals surface area contributed by atoms with Crippen LogP contribution in [0.3, 0.4) is 0 Å². The topological polar surface area (TPSA) is 95.5 Å². The number of nitrogens with one attached hydrogen (secondary N) is 2. The fourth-order valence-electron chi connectivity index (χ4n) is 1.17. The van der Waals surface area contributed by atoms with E-state index in [1.54, 1.807) is 18.2 Å². The number of aryl methyl sites for hydroxylation is 1. The van der Waals surface area contributed by atoms with Crippen molar-refractivity contribution in [2.24, 2.45) is 0 Å². The predicted octanol–water partition coefficient (Wildman–Crippen LogP) is 0.397. The summed E-state index contributed by atoms with van der Waals surface area (Å²) in [7, 11) is 0. The molecule has 3 N–H and O–H groups in total. The molecule has 0 aromatic heterocycles. The summed E-state index contributed by atoms with van der Waals surface area (Å²) >= 11 is 0. The summed E-state index contributed by atoms with van der Waals surface area (Å²) in [5, 5.41) is 8.29. The van der Waals surface area contributed by atoms with Crippen LogP contribution in [0.4, 0.5) is 0 Å². The Morgan fingerprint density at radius 1 is 1.17 bits per heavy atom. The van der Waals surface area contributed by atoms with Crippen LogP contribution in [0.25, 0.3) is 0 Å². The highest BCUT2D eigenvalue weighted by atomic mass is 16.4. The van der Waals surface area contributed by atoms with Crippen LogP contribution in [0.15, 0.2) is 36.4 Å². The van der Waals surface area contributed by atoms with Crippen LogP contribution in [0.2, 0.25) is 0 Å². The van der Waals surface area contributed by atoms with E-state index in [-0.39, 0.29) is 0 Å². The maximum Gasteiger partial charge on any atom is 0.328 e. The summed E-state index contributed by atoms with van der Waals surface area (Å²) in [5.41, 5.74) is 5.55. The van der Waals surface area contributed by atoms with E-state index in [1.807, 2.05) is 13.0 Å². The lowest BCUT2D eigenvalue weighted by atomic mass is 10.1. The van der Waals surface area contributed by atoms with Crippen LogP contribution < -0.4 is 10.9 Å². The van der Waals surface area contributed by atoms with Gasteiger partial charge in [-0.1, -0.05) is 17.7 Å². The zero-order valence-corrected chi connectivity index (χ0v) is 9.64. The zero-order chi connectivity index (χ0) is 13.5. The van der Waals surface area contributed by atoms with Crippen molar-refractivity contribution in [1.82, 2.24) is 10.9 Å². The molecular weight excluding hydrogens is 236 g/mol. The smallest absolute Gasteiger partial charge is 0.328 e. The van der Waals surface area contributed by atoms with Gasteiger partial charge in [0.15, 0.2) is 0 Å². The first-order chi connectivity index (χ1) is 8.49. The second-order valence-corrected chi connectivity index (χ2v) is 3.48. The lowest BCUT2D eigenvalue weighted by molar-refractivity contribution is -0.131. The van der Waals surface area contributed by atoms with Crippen LogP contribution in [-0.2, 0) is 9.59 Å². The summed E-state index contributed by atoms with van der Waals surface area (Å²) in [6.45, 7) is 1.84. The zero-order valence-electron chi connectivity index (χ0n) is 9.64. The Bertz CT molecular complexity index is 509. The van der Waals surface area contributed by atoms with Crippen LogP contribution in [-0.4, -0.2) is 22.9 Å². The van der Waals surface area contributed by atoms with Crippen LogP contribution in [0.1, 0.15) is 15.9 Å². The third-order valence-corrected chi connectivity index (χ3v) is 1.96. The van der Waals surface area contributed by atoms with Gasteiger partial charge < -0.3 is 5.11 Å². The van der Waals surface area contributed by atoms with Crippen molar-refractivity contribution >= 4 is 17.8 Å². The minimum atomic E-state index is -1.24. The molecule has 0 radical (unpaired) electrons. The molecule has 0 aliphatic heterocycles. The highest BCUT2D eigenvalue weighted by Gasteiger charge is 2.05. The van der Waals surface area contributed by atoms with Crippen molar-refractivity contribution in [1.29, 1.82) is 0 Å². The summed E-state index contributed by atoms with van der Waals surface area (Å²) in [4.78, 5) is 32.8. The Morgan fingerprint density at radius 2 is 1.89 bits per heavy atom. The molecule has 18 heavy (non-hydrogen) atoms. The molecule has 0 atom stereocenters. The quantitative estimate of drug-likeness (QED) is 0.533. The van der Waals surface area contributed by atoms with Crippen LogP contribution in [0, 0.1) is 6.92 Å². The molecule has 0 unspecified atom stereocenters. The fourth-order valence-corrected chi connectivity index (χ4v) is 1.17. The normalized spacial score (nSPS) is 10.1. The Labute approximate surface area is 103 Å². The lowest BCUT2D eigenvalue weighted by Crippen LogP contribution is -2.40. The molecule has 0 saturated carbocycles. The molecule has 6 nitrogen and oxygen atoms in total.